The molecule has 0 aliphatic heterocycles. The van der Waals surface area contributed by atoms with Crippen LogP contribution in [0.3, 0.4) is 0 Å². The number of para-hydroxylation sites is 2. The van der Waals surface area contributed by atoms with Gasteiger partial charge in [0.05, 0.1) is 16.7 Å². The van der Waals surface area contributed by atoms with Crippen molar-refractivity contribution in [1.82, 2.24) is 9.88 Å². The van der Waals surface area contributed by atoms with Gasteiger partial charge in [0.15, 0.2) is 0 Å². The molecule has 0 amide bonds. The van der Waals surface area contributed by atoms with Gasteiger partial charge >= 0.3 is 0 Å². The minimum atomic E-state index is 0.601. The Morgan fingerprint density at radius 2 is 1.38 bits per heavy atom. The Balaban J connectivity index is 1.70. The van der Waals surface area contributed by atoms with Crippen molar-refractivity contribution in [2.24, 2.45) is 0 Å². The van der Waals surface area contributed by atoms with E-state index in [-0.39, 0.29) is 0 Å². The number of aromatic nitrogens is 1. The third-order valence-electron chi connectivity index (χ3n) is 4.99. The molecule has 3 aromatic carbocycles. The van der Waals surface area contributed by atoms with Gasteiger partial charge in [0.2, 0.25) is 0 Å². The highest BCUT2D eigenvalue weighted by Gasteiger charge is 2.10. The minimum Gasteiger partial charge on any atom is -0.354 e. The highest BCUT2D eigenvalue weighted by atomic mass is 35.5. The number of alkyl halides is 2. The lowest BCUT2D eigenvalue weighted by Crippen LogP contribution is -2.27. The van der Waals surface area contributed by atoms with Crippen molar-refractivity contribution >= 4 is 56.4 Å². The third kappa shape index (κ3) is 4.64. The summed E-state index contributed by atoms with van der Waals surface area (Å²) in [7, 11) is 0. The van der Waals surface area contributed by atoms with Crippen LogP contribution in [0.4, 0.5) is 11.4 Å². The second kappa shape index (κ2) is 9.45. The van der Waals surface area contributed by atoms with Gasteiger partial charge < -0.3 is 5.32 Å². The topological polar surface area (TPSA) is 28.2 Å². The number of hydrogen-bond acceptors (Lipinski definition) is 3. The lowest BCUT2D eigenvalue weighted by molar-refractivity contribution is 0.299. The van der Waals surface area contributed by atoms with E-state index < -0.39 is 0 Å². The first-order valence-corrected chi connectivity index (χ1v) is 10.8. The fraction of sp³-hybridized carbons (Fsp3) is 0.208. The molecule has 0 fully saturated rings. The van der Waals surface area contributed by atoms with Crippen LogP contribution in [0, 0.1) is 0 Å². The normalized spacial score (nSPS) is 11.4. The third-order valence-corrected chi connectivity index (χ3v) is 5.33. The van der Waals surface area contributed by atoms with Crippen LogP contribution >= 0.6 is 23.2 Å². The zero-order valence-corrected chi connectivity index (χ0v) is 17.6. The highest BCUT2D eigenvalue weighted by molar-refractivity contribution is 6.18. The molecule has 0 aliphatic carbocycles. The fourth-order valence-corrected chi connectivity index (χ4v) is 4.11. The molecule has 4 rings (SSSR count). The Hall–Kier alpha value is -2.33. The van der Waals surface area contributed by atoms with E-state index in [0.717, 1.165) is 52.8 Å². The zero-order chi connectivity index (χ0) is 20.1. The van der Waals surface area contributed by atoms with Crippen molar-refractivity contribution in [3.63, 3.8) is 0 Å². The van der Waals surface area contributed by atoms with Crippen LogP contribution < -0.4 is 5.32 Å². The largest absolute Gasteiger partial charge is 0.354 e. The molecule has 148 valence electrons. The number of halogens is 2. The summed E-state index contributed by atoms with van der Waals surface area (Å²) in [6.45, 7) is 2.48. The van der Waals surface area contributed by atoms with Gasteiger partial charge in [0, 0.05) is 47.9 Å². The molecule has 0 saturated heterocycles. The first kappa shape index (κ1) is 20.0. The molecule has 0 aliphatic rings. The van der Waals surface area contributed by atoms with E-state index in [1.54, 1.807) is 0 Å². The van der Waals surface area contributed by atoms with Gasteiger partial charge in [-0.25, -0.2) is 4.98 Å². The highest BCUT2D eigenvalue weighted by Crippen LogP contribution is 2.33. The molecule has 1 heterocycles. The van der Waals surface area contributed by atoms with Crippen LogP contribution in [0.2, 0.25) is 0 Å². The quantitative estimate of drug-likeness (QED) is 0.262. The first-order valence-electron chi connectivity index (χ1n) is 9.76. The minimum absolute atomic E-state index is 0.601. The molecule has 4 aromatic rings. The van der Waals surface area contributed by atoms with E-state index in [4.69, 9.17) is 28.2 Å². The standard InChI is InChI=1S/C24H23Cl2N3/c25-12-14-29(15-13-26)17-18-6-5-7-19(16-18)27-24-20-8-1-3-10-22(20)28-23-11-4-2-9-21(23)24/h1-11,16H,12-15,17H2,(H,27,28). The molecule has 0 spiro atoms. The smallest absolute Gasteiger partial charge is 0.0730 e. The van der Waals surface area contributed by atoms with E-state index in [9.17, 15) is 0 Å². The van der Waals surface area contributed by atoms with Gasteiger partial charge in [0.25, 0.3) is 0 Å². The predicted molar refractivity (Wildman–Crippen MR) is 126 cm³/mol. The molecule has 0 bridgehead atoms. The average molecular weight is 424 g/mol. The summed E-state index contributed by atoms with van der Waals surface area (Å²) < 4.78 is 0. The number of benzene rings is 3. The maximum atomic E-state index is 5.94. The van der Waals surface area contributed by atoms with Crippen molar-refractivity contribution in [2.45, 2.75) is 6.54 Å². The summed E-state index contributed by atoms with van der Waals surface area (Å²) >= 11 is 11.9. The lowest BCUT2D eigenvalue weighted by atomic mass is 10.1. The van der Waals surface area contributed by atoms with E-state index in [2.05, 4.69) is 70.9 Å². The number of fused-ring (bicyclic) bond motifs is 2. The molecule has 0 radical (unpaired) electrons. The van der Waals surface area contributed by atoms with Gasteiger partial charge in [-0.1, -0.05) is 48.5 Å². The summed E-state index contributed by atoms with van der Waals surface area (Å²) in [5.74, 6) is 1.20. The van der Waals surface area contributed by atoms with Crippen LogP contribution in [0.5, 0.6) is 0 Å². The van der Waals surface area contributed by atoms with Crippen molar-refractivity contribution in [2.75, 3.05) is 30.2 Å². The fourth-order valence-electron chi connectivity index (χ4n) is 3.63. The number of nitrogens with zero attached hydrogens (tertiary/aromatic N) is 2. The number of nitrogens with one attached hydrogen (secondary N) is 1. The molecule has 0 atom stereocenters. The molecule has 1 N–H and O–H groups in total. The van der Waals surface area contributed by atoms with E-state index in [0.29, 0.717) is 11.8 Å². The molecule has 0 saturated carbocycles. The van der Waals surface area contributed by atoms with Crippen molar-refractivity contribution in [3.8, 4) is 0 Å². The van der Waals surface area contributed by atoms with Crippen LogP contribution in [0.15, 0.2) is 72.8 Å². The number of rotatable bonds is 8. The monoisotopic (exact) mass is 423 g/mol. The first-order chi connectivity index (χ1) is 14.3. The van der Waals surface area contributed by atoms with Crippen LogP contribution in [-0.2, 0) is 6.54 Å². The average Bonchev–Trinajstić information content (AvgIpc) is 2.74. The molecular weight excluding hydrogens is 401 g/mol. The maximum Gasteiger partial charge on any atom is 0.0730 e. The van der Waals surface area contributed by atoms with Crippen LogP contribution in [0.25, 0.3) is 21.8 Å². The van der Waals surface area contributed by atoms with E-state index in [1.165, 1.54) is 5.56 Å². The van der Waals surface area contributed by atoms with Crippen LogP contribution in [-0.4, -0.2) is 34.7 Å². The Labute approximate surface area is 181 Å². The Morgan fingerprint density at radius 1 is 0.759 bits per heavy atom. The number of pyridine rings is 1. The molecule has 29 heavy (non-hydrogen) atoms. The van der Waals surface area contributed by atoms with E-state index in [1.807, 2.05) is 12.1 Å². The number of hydrogen-bond donors (Lipinski definition) is 1. The second-order valence-corrected chi connectivity index (χ2v) is 7.76. The molecular formula is C24H23Cl2N3. The Bertz CT molecular complexity index is 1050. The molecule has 0 unspecified atom stereocenters. The van der Waals surface area contributed by atoms with Gasteiger partial charge in [-0.3, -0.25) is 4.90 Å². The van der Waals surface area contributed by atoms with Crippen molar-refractivity contribution in [1.29, 1.82) is 0 Å². The summed E-state index contributed by atoms with van der Waals surface area (Å²) in [6, 6.07) is 25.0. The van der Waals surface area contributed by atoms with Gasteiger partial charge in [0.1, 0.15) is 0 Å². The van der Waals surface area contributed by atoms with Gasteiger partial charge in [-0.2, -0.15) is 0 Å². The number of anilines is 2. The maximum absolute atomic E-state index is 5.94. The summed E-state index contributed by atoms with van der Waals surface area (Å²) in [6.07, 6.45) is 0. The molecule has 1 aromatic heterocycles. The van der Waals surface area contributed by atoms with Crippen molar-refractivity contribution < 1.29 is 0 Å². The van der Waals surface area contributed by atoms with E-state index >= 15 is 0 Å². The second-order valence-electron chi connectivity index (χ2n) is 7.00. The van der Waals surface area contributed by atoms with Crippen LogP contribution in [0.1, 0.15) is 5.56 Å². The SMILES string of the molecule is ClCCN(CCCl)Cc1cccc(Nc2c3ccccc3nc3ccccc23)c1. The lowest BCUT2D eigenvalue weighted by Gasteiger charge is -2.20. The van der Waals surface area contributed by atoms with Crippen molar-refractivity contribution in [3.05, 3.63) is 78.4 Å². The summed E-state index contributed by atoms with van der Waals surface area (Å²) in [4.78, 5) is 7.08. The van der Waals surface area contributed by atoms with Gasteiger partial charge in [-0.15, -0.1) is 23.2 Å². The predicted octanol–water partition coefficient (Wildman–Crippen LogP) is 6.41. The Kier molecular flexibility index (Phi) is 6.50. The summed E-state index contributed by atoms with van der Waals surface area (Å²) in [5.41, 5.74) is 5.34. The molecule has 5 heteroatoms. The molecule has 3 nitrogen and oxygen atoms in total. The zero-order valence-electron chi connectivity index (χ0n) is 16.1. The summed E-state index contributed by atoms with van der Waals surface area (Å²) in [5, 5.41) is 5.88. The Morgan fingerprint density at radius 3 is 2.00 bits per heavy atom. The van der Waals surface area contributed by atoms with Gasteiger partial charge in [-0.05, 0) is 29.8 Å².